The van der Waals surface area contributed by atoms with Gasteiger partial charge in [-0.2, -0.15) is 0 Å². The van der Waals surface area contributed by atoms with E-state index in [-0.39, 0.29) is 12.1 Å². The number of hydrogen-bond donors (Lipinski definition) is 0. The Balaban J connectivity index is 2.17. The second-order valence-electron chi connectivity index (χ2n) is 4.49. The highest BCUT2D eigenvalue weighted by Crippen LogP contribution is 2.22. The lowest BCUT2D eigenvalue weighted by Gasteiger charge is -2.14. The largest absolute Gasteiger partial charge is 0.458 e. The van der Waals surface area contributed by atoms with Crippen LogP contribution in [0.2, 0.25) is 0 Å². The number of carbonyl (C=O) groups excluding carboxylic acids is 1. The van der Waals surface area contributed by atoms with Crippen LogP contribution in [0.4, 0.5) is 0 Å². The standard InChI is InChI=1S/C16H18O2/c1-3-6-16(17)18-12(2)14-10-9-13-7-4-5-8-15(13)11-14/h4-5,7-12H,3,6H2,1-2H3/t12-/m1/s1. The van der Waals surface area contributed by atoms with Crippen LogP contribution in [0.25, 0.3) is 10.8 Å². The molecular formula is C16H18O2. The number of carbonyl (C=O) groups is 1. The Morgan fingerprint density at radius 1 is 1.17 bits per heavy atom. The van der Waals surface area contributed by atoms with Gasteiger partial charge in [-0.3, -0.25) is 4.79 Å². The SMILES string of the molecule is CCCC(=O)O[C@H](C)c1ccc2ccccc2c1. The highest BCUT2D eigenvalue weighted by molar-refractivity contribution is 5.83. The molecule has 2 aromatic rings. The molecule has 0 heterocycles. The quantitative estimate of drug-likeness (QED) is 0.749. The maximum absolute atomic E-state index is 11.5. The van der Waals surface area contributed by atoms with Crippen molar-refractivity contribution in [2.75, 3.05) is 0 Å². The van der Waals surface area contributed by atoms with E-state index >= 15 is 0 Å². The molecule has 1 atom stereocenters. The second-order valence-corrected chi connectivity index (χ2v) is 4.49. The first-order chi connectivity index (χ1) is 8.70. The lowest BCUT2D eigenvalue weighted by Crippen LogP contribution is -2.08. The van der Waals surface area contributed by atoms with E-state index in [1.165, 1.54) is 10.8 Å². The van der Waals surface area contributed by atoms with Crippen molar-refractivity contribution in [1.82, 2.24) is 0 Å². The summed E-state index contributed by atoms with van der Waals surface area (Å²) in [5.41, 5.74) is 1.04. The van der Waals surface area contributed by atoms with Gasteiger partial charge in [0.15, 0.2) is 0 Å². The van der Waals surface area contributed by atoms with Gasteiger partial charge in [0.05, 0.1) is 0 Å². The molecule has 2 nitrogen and oxygen atoms in total. The predicted octanol–water partition coefficient (Wildman–Crippen LogP) is 4.24. The summed E-state index contributed by atoms with van der Waals surface area (Å²) in [6.07, 6.45) is 1.12. The van der Waals surface area contributed by atoms with Gasteiger partial charge in [-0.25, -0.2) is 0 Å². The fourth-order valence-electron chi connectivity index (χ4n) is 1.99. The van der Waals surface area contributed by atoms with Gasteiger partial charge in [0, 0.05) is 6.42 Å². The van der Waals surface area contributed by atoms with E-state index < -0.39 is 0 Å². The van der Waals surface area contributed by atoms with Crippen LogP contribution < -0.4 is 0 Å². The summed E-state index contributed by atoms with van der Waals surface area (Å²) in [5.74, 6) is -0.127. The van der Waals surface area contributed by atoms with Crippen molar-refractivity contribution >= 4 is 16.7 Å². The lowest BCUT2D eigenvalue weighted by atomic mass is 10.0. The molecule has 0 aromatic heterocycles. The van der Waals surface area contributed by atoms with E-state index in [1.54, 1.807) is 0 Å². The Hall–Kier alpha value is -1.83. The molecule has 0 N–H and O–H groups in total. The molecule has 94 valence electrons. The third kappa shape index (κ3) is 2.89. The van der Waals surface area contributed by atoms with Crippen LogP contribution in [0.15, 0.2) is 42.5 Å². The van der Waals surface area contributed by atoms with E-state index in [0.717, 1.165) is 12.0 Å². The zero-order valence-corrected chi connectivity index (χ0v) is 10.8. The minimum absolute atomic E-state index is 0.127. The molecule has 0 fully saturated rings. The number of rotatable bonds is 4. The molecule has 0 bridgehead atoms. The highest BCUT2D eigenvalue weighted by atomic mass is 16.5. The molecule has 0 aliphatic heterocycles. The molecule has 0 saturated heterocycles. The molecule has 0 spiro atoms. The van der Waals surface area contributed by atoms with Crippen molar-refractivity contribution in [3.63, 3.8) is 0 Å². The van der Waals surface area contributed by atoms with Gasteiger partial charge in [0.25, 0.3) is 0 Å². The minimum atomic E-state index is -0.186. The summed E-state index contributed by atoms with van der Waals surface area (Å²) < 4.78 is 5.39. The summed E-state index contributed by atoms with van der Waals surface area (Å²) in [5, 5.41) is 2.38. The zero-order chi connectivity index (χ0) is 13.0. The maximum Gasteiger partial charge on any atom is 0.306 e. The minimum Gasteiger partial charge on any atom is -0.458 e. The molecule has 0 amide bonds. The average molecular weight is 242 g/mol. The van der Waals surface area contributed by atoms with Gasteiger partial charge in [0.2, 0.25) is 0 Å². The summed E-state index contributed by atoms with van der Waals surface area (Å²) >= 11 is 0. The molecule has 2 aromatic carbocycles. The van der Waals surface area contributed by atoms with Gasteiger partial charge in [-0.1, -0.05) is 43.3 Å². The van der Waals surface area contributed by atoms with Crippen LogP contribution in [0.3, 0.4) is 0 Å². The number of fused-ring (bicyclic) bond motifs is 1. The number of ether oxygens (including phenoxy) is 1. The van der Waals surface area contributed by atoms with Crippen LogP contribution in [0, 0.1) is 0 Å². The molecular weight excluding hydrogens is 224 g/mol. The lowest BCUT2D eigenvalue weighted by molar-refractivity contribution is -0.148. The van der Waals surface area contributed by atoms with Crippen LogP contribution in [0.5, 0.6) is 0 Å². The monoisotopic (exact) mass is 242 g/mol. The highest BCUT2D eigenvalue weighted by Gasteiger charge is 2.11. The molecule has 2 rings (SSSR count). The van der Waals surface area contributed by atoms with Crippen molar-refractivity contribution in [3.05, 3.63) is 48.0 Å². The van der Waals surface area contributed by atoms with E-state index in [9.17, 15) is 4.79 Å². The summed E-state index contributed by atoms with van der Waals surface area (Å²) in [6, 6.07) is 14.3. The van der Waals surface area contributed by atoms with Crippen molar-refractivity contribution in [2.24, 2.45) is 0 Å². The Kier molecular flexibility index (Phi) is 3.98. The number of hydrogen-bond acceptors (Lipinski definition) is 2. The fraction of sp³-hybridized carbons (Fsp3) is 0.312. The first-order valence-electron chi connectivity index (χ1n) is 6.39. The first kappa shape index (κ1) is 12.6. The summed E-state index contributed by atoms with van der Waals surface area (Å²) in [6.45, 7) is 3.89. The Morgan fingerprint density at radius 2 is 1.89 bits per heavy atom. The molecule has 18 heavy (non-hydrogen) atoms. The predicted molar refractivity (Wildman–Crippen MR) is 73.4 cm³/mol. The van der Waals surface area contributed by atoms with Crippen molar-refractivity contribution in [3.8, 4) is 0 Å². The number of benzene rings is 2. The molecule has 0 saturated carbocycles. The maximum atomic E-state index is 11.5. The van der Waals surface area contributed by atoms with Crippen molar-refractivity contribution in [1.29, 1.82) is 0 Å². The molecule has 0 radical (unpaired) electrons. The number of esters is 1. The Bertz CT molecular complexity index is 546. The third-order valence-electron chi connectivity index (χ3n) is 3.01. The van der Waals surface area contributed by atoms with Gasteiger partial charge < -0.3 is 4.74 Å². The molecule has 0 aliphatic rings. The van der Waals surface area contributed by atoms with E-state index in [0.29, 0.717) is 6.42 Å². The van der Waals surface area contributed by atoms with Gasteiger partial charge in [0.1, 0.15) is 6.10 Å². The van der Waals surface area contributed by atoms with Crippen LogP contribution in [-0.2, 0) is 9.53 Å². The van der Waals surface area contributed by atoms with Crippen molar-refractivity contribution < 1.29 is 9.53 Å². The van der Waals surface area contributed by atoms with Gasteiger partial charge in [-0.15, -0.1) is 0 Å². The summed E-state index contributed by atoms with van der Waals surface area (Å²) in [7, 11) is 0. The van der Waals surface area contributed by atoms with Crippen LogP contribution >= 0.6 is 0 Å². The zero-order valence-electron chi connectivity index (χ0n) is 10.8. The summed E-state index contributed by atoms with van der Waals surface area (Å²) in [4.78, 5) is 11.5. The van der Waals surface area contributed by atoms with E-state index in [1.807, 2.05) is 32.0 Å². The Morgan fingerprint density at radius 3 is 2.61 bits per heavy atom. The topological polar surface area (TPSA) is 26.3 Å². The average Bonchev–Trinajstić information content (AvgIpc) is 2.38. The van der Waals surface area contributed by atoms with Gasteiger partial charge >= 0.3 is 5.97 Å². The second kappa shape index (κ2) is 5.67. The molecule has 0 aliphatic carbocycles. The van der Waals surface area contributed by atoms with E-state index in [4.69, 9.17) is 4.74 Å². The fourth-order valence-corrected chi connectivity index (χ4v) is 1.99. The smallest absolute Gasteiger partial charge is 0.306 e. The molecule has 0 unspecified atom stereocenters. The first-order valence-corrected chi connectivity index (χ1v) is 6.39. The Labute approximate surface area is 108 Å². The van der Waals surface area contributed by atoms with Crippen molar-refractivity contribution in [2.45, 2.75) is 32.8 Å². The van der Waals surface area contributed by atoms with Crippen LogP contribution in [0.1, 0.15) is 38.4 Å². The van der Waals surface area contributed by atoms with E-state index in [2.05, 4.69) is 24.3 Å². The molecule has 2 heteroatoms. The normalized spacial score (nSPS) is 12.3. The third-order valence-corrected chi connectivity index (χ3v) is 3.01. The van der Waals surface area contributed by atoms with Crippen LogP contribution in [-0.4, -0.2) is 5.97 Å². The van der Waals surface area contributed by atoms with Gasteiger partial charge in [-0.05, 0) is 35.7 Å².